The Morgan fingerprint density at radius 2 is 0.963 bits per heavy atom. The maximum Gasteiger partial charge on any atom is 0.103 e. The van der Waals surface area contributed by atoms with Crippen molar-refractivity contribution in [1.82, 2.24) is 19.9 Å². The topological polar surface area (TPSA) is 88.9 Å². The Morgan fingerprint density at radius 1 is 0.630 bits per heavy atom. The minimum Gasteiger partial charge on any atom is -0.412 e. The molecular formula is C20H20Cl2N4O. The third-order valence-corrected chi connectivity index (χ3v) is 4.22. The van der Waals surface area contributed by atoms with Crippen LogP contribution in [0.25, 0.3) is 22.5 Å². The predicted molar refractivity (Wildman–Crippen MR) is 111 cm³/mol. The Kier molecular flexibility index (Phi) is 7.19. The maximum atomic E-state index is 5.78. The summed E-state index contributed by atoms with van der Waals surface area (Å²) in [4.78, 5) is 14.6. The van der Waals surface area contributed by atoms with Gasteiger partial charge in [-0.05, 0) is 49.2 Å². The van der Waals surface area contributed by atoms with Gasteiger partial charge in [0.05, 0.1) is 23.8 Å². The number of hydrogen-bond acceptors (Lipinski definition) is 2. The number of aromatic nitrogens is 4. The third kappa shape index (κ3) is 5.69. The molecule has 2 aromatic heterocycles. The average molecular weight is 403 g/mol. The number of imidazole rings is 2. The summed E-state index contributed by atoms with van der Waals surface area (Å²) in [6.07, 6.45) is 3.64. The van der Waals surface area contributed by atoms with E-state index in [0.717, 1.165) is 44.2 Å². The SMILES string of the molecule is Cc1ncc(-c2ccc(Cl)cc2)[nH]1.Cc1ncc(-c2ccc(Cl)cc2)[nH]1.O. The highest BCUT2D eigenvalue weighted by Gasteiger charge is 2.00. The Balaban J connectivity index is 0.000000187. The van der Waals surface area contributed by atoms with E-state index in [9.17, 15) is 0 Å². The Bertz CT molecular complexity index is 894. The van der Waals surface area contributed by atoms with Crippen molar-refractivity contribution in [3.63, 3.8) is 0 Å². The van der Waals surface area contributed by atoms with Crippen molar-refractivity contribution >= 4 is 23.2 Å². The molecule has 0 fully saturated rings. The monoisotopic (exact) mass is 402 g/mol. The van der Waals surface area contributed by atoms with Gasteiger partial charge in [-0.15, -0.1) is 0 Å². The molecule has 140 valence electrons. The van der Waals surface area contributed by atoms with Gasteiger partial charge in [0.25, 0.3) is 0 Å². The molecule has 5 nitrogen and oxygen atoms in total. The Labute approximate surface area is 167 Å². The third-order valence-electron chi connectivity index (χ3n) is 3.72. The van der Waals surface area contributed by atoms with Gasteiger partial charge >= 0.3 is 0 Å². The highest BCUT2D eigenvalue weighted by atomic mass is 35.5. The molecule has 0 aliphatic heterocycles. The van der Waals surface area contributed by atoms with Crippen LogP contribution in [0.4, 0.5) is 0 Å². The molecule has 0 saturated heterocycles. The zero-order valence-corrected chi connectivity index (χ0v) is 16.4. The van der Waals surface area contributed by atoms with E-state index < -0.39 is 0 Å². The van der Waals surface area contributed by atoms with Crippen molar-refractivity contribution in [2.75, 3.05) is 0 Å². The molecule has 0 spiro atoms. The molecule has 0 aliphatic carbocycles. The van der Waals surface area contributed by atoms with E-state index in [1.807, 2.05) is 74.8 Å². The normalized spacial score (nSPS) is 9.93. The first kappa shape index (κ1) is 20.7. The number of rotatable bonds is 2. The number of aryl methyl sites for hydroxylation is 2. The molecule has 0 saturated carbocycles. The highest BCUT2D eigenvalue weighted by Crippen LogP contribution is 2.20. The lowest BCUT2D eigenvalue weighted by molar-refractivity contribution is 0.824. The quantitative estimate of drug-likeness (QED) is 0.479. The first-order chi connectivity index (χ1) is 12.5. The summed E-state index contributed by atoms with van der Waals surface area (Å²) >= 11 is 11.6. The van der Waals surface area contributed by atoms with Crippen molar-refractivity contribution in [2.45, 2.75) is 13.8 Å². The van der Waals surface area contributed by atoms with E-state index in [2.05, 4.69) is 19.9 Å². The van der Waals surface area contributed by atoms with E-state index in [-0.39, 0.29) is 5.48 Å². The van der Waals surface area contributed by atoms with Gasteiger partial charge in [-0.2, -0.15) is 0 Å². The number of hydrogen-bond donors (Lipinski definition) is 2. The van der Waals surface area contributed by atoms with Gasteiger partial charge in [-0.1, -0.05) is 47.5 Å². The minimum atomic E-state index is 0. The van der Waals surface area contributed by atoms with Crippen molar-refractivity contribution in [1.29, 1.82) is 0 Å². The number of nitrogens with one attached hydrogen (secondary N) is 2. The van der Waals surface area contributed by atoms with Crippen molar-refractivity contribution in [2.24, 2.45) is 0 Å². The maximum absolute atomic E-state index is 5.78. The number of nitrogens with zero attached hydrogens (tertiary/aromatic N) is 2. The number of aromatic amines is 2. The lowest BCUT2D eigenvalue weighted by Crippen LogP contribution is -1.77. The molecule has 4 rings (SSSR count). The molecule has 0 atom stereocenters. The summed E-state index contributed by atoms with van der Waals surface area (Å²) in [5.74, 6) is 1.84. The van der Waals surface area contributed by atoms with Gasteiger partial charge in [-0.25, -0.2) is 9.97 Å². The van der Waals surface area contributed by atoms with Crippen LogP contribution >= 0.6 is 23.2 Å². The second-order valence-corrected chi connectivity index (χ2v) is 6.65. The van der Waals surface area contributed by atoms with E-state index in [4.69, 9.17) is 23.2 Å². The molecule has 0 radical (unpaired) electrons. The lowest BCUT2D eigenvalue weighted by atomic mass is 10.2. The first-order valence-electron chi connectivity index (χ1n) is 8.06. The molecule has 0 amide bonds. The summed E-state index contributed by atoms with van der Waals surface area (Å²) in [5.41, 5.74) is 4.25. The van der Waals surface area contributed by atoms with Crippen LogP contribution in [0.5, 0.6) is 0 Å². The van der Waals surface area contributed by atoms with Crippen LogP contribution in [0.15, 0.2) is 60.9 Å². The van der Waals surface area contributed by atoms with Gasteiger partial charge < -0.3 is 15.4 Å². The van der Waals surface area contributed by atoms with E-state index in [0.29, 0.717) is 0 Å². The summed E-state index contributed by atoms with van der Waals surface area (Å²) in [5, 5.41) is 1.50. The van der Waals surface area contributed by atoms with Crippen molar-refractivity contribution in [3.05, 3.63) is 82.6 Å². The molecule has 27 heavy (non-hydrogen) atoms. The zero-order chi connectivity index (χ0) is 18.5. The van der Waals surface area contributed by atoms with Gasteiger partial charge in [0.2, 0.25) is 0 Å². The fourth-order valence-electron chi connectivity index (χ4n) is 2.39. The fourth-order valence-corrected chi connectivity index (χ4v) is 2.65. The summed E-state index contributed by atoms with van der Waals surface area (Å²) in [6, 6.07) is 15.3. The van der Waals surface area contributed by atoms with Crippen LogP contribution in [-0.4, -0.2) is 25.4 Å². The van der Waals surface area contributed by atoms with Gasteiger partial charge in [-0.3, -0.25) is 0 Å². The van der Waals surface area contributed by atoms with E-state index in [1.54, 1.807) is 0 Å². The Hall–Kier alpha value is -2.60. The smallest absolute Gasteiger partial charge is 0.103 e. The second kappa shape index (κ2) is 9.37. The Morgan fingerprint density at radius 3 is 1.22 bits per heavy atom. The minimum absolute atomic E-state index is 0. The molecule has 2 aromatic carbocycles. The number of benzene rings is 2. The van der Waals surface area contributed by atoms with Crippen molar-refractivity contribution in [3.8, 4) is 22.5 Å². The summed E-state index contributed by atoms with van der Waals surface area (Å²) in [7, 11) is 0. The summed E-state index contributed by atoms with van der Waals surface area (Å²) < 4.78 is 0. The van der Waals surface area contributed by atoms with E-state index in [1.165, 1.54) is 0 Å². The van der Waals surface area contributed by atoms with Gasteiger partial charge in [0.15, 0.2) is 0 Å². The molecule has 0 unspecified atom stereocenters. The van der Waals surface area contributed by atoms with Crippen molar-refractivity contribution < 1.29 is 5.48 Å². The molecule has 4 N–H and O–H groups in total. The van der Waals surface area contributed by atoms with Crippen LogP contribution in [0.1, 0.15) is 11.6 Å². The average Bonchev–Trinajstić information content (AvgIpc) is 3.25. The number of H-pyrrole nitrogens is 2. The lowest BCUT2D eigenvalue weighted by Gasteiger charge is -1.96. The van der Waals surface area contributed by atoms with Crippen LogP contribution < -0.4 is 0 Å². The van der Waals surface area contributed by atoms with Gasteiger partial charge in [0.1, 0.15) is 11.6 Å². The first-order valence-corrected chi connectivity index (χ1v) is 8.82. The molecular weight excluding hydrogens is 383 g/mol. The molecule has 4 aromatic rings. The largest absolute Gasteiger partial charge is 0.412 e. The van der Waals surface area contributed by atoms with Crippen LogP contribution in [0.2, 0.25) is 10.0 Å². The standard InChI is InChI=1S/2C10H9ClN2.H2O/c2*1-7-12-6-10(13-7)8-2-4-9(11)5-3-8;/h2*2-6H,1H3,(H,12,13);1H2. The number of halogens is 2. The molecule has 2 heterocycles. The summed E-state index contributed by atoms with van der Waals surface area (Å²) in [6.45, 7) is 3.86. The molecule has 7 heteroatoms. The van der Waals surface area contributed by atoms with Crippen LogP contribution in [-0.2, 0) is 0 Å². The zero-order valence-electron chi connectivity index (χ0n) is 14.9. The van der Waals surface area contributed by atoms with Crippen LogP contribution in [0, 0.1) is 13.8 Å². The van der Waals surface area contributed by atoms with Crippen LogP contribution in [0.3, 0.4) is 0 Å². The van der Waals surface area contributed by atoms with Gasteiger partial charge in [0, 0.05) is 10.0 Å². The highest BCUT2D eigenvalue weighted by molar-refractivity contribution is 6.30. The predicted octanol–water partition coefficient (Wildman–Crippen LogP) is 5.25. The fraction of sp³-hybridized carbons (Fsp3) is 0.100. The second-order valence-electron chi connectivity index (χ2n) is 5.78. The van der Waals surface area contributed by atoms with E-state index >= 15 is 0 Å². The molecule has 0 bridgehead atoms. The molecule has 0 aliphatic rings.